The monoisotopic (exact) mass is 509 g/mol. The van der Waals surface area contributed by atoms with Gasteiger partial charge in [-0.2, -0.15) is 0 Å². The van der Waals surface area contributed by atoms with Crippen LogP contribution in [0.25, 0.3) is 0 Å². The summed E-state index contributed by atoms with van der Waals surface area (Å²) in [4.78, 5) is 2.40. The first-order valence-electron chi connectivity index (χ1n) is 11.6. The molecule has 0 N–H and O–H groups in total. The van der Waals surface area contributed by atoms with Gasteiger partial charge in [0.05, 0.1) is 11.3 Å². The lowest BCUT2D eigenvalue weighted by atomic mass is 10.1. The molecule has 2 aliphatic rings. The van der Waals surface area contributed by atoms with Crippen molar-refractivity contribution in [3.63, 3.8) is 0 Å². The highest BCUT2D eigenvalue weighted by Crippen LogP contribution is 2.32. The van der Waals surface area contributed by atoms with Crippen LogP contribution < -0.4 is 9.64 Å². The number of aryl methyl sites for hydroxylation is 1. The van der Waals surface area contributed by atoms with Crippen molar-refractivity contribution in [3.05, 3.63) is 51.8 Å². The maximum absolute atomic E-state index is 11.8. The van der Waals surface area contributed by atoms with E-state index in [2.05, 4.69) is 36.1 Å². The van der Waals surface area contributed by atoms with Crippen LogP contribution in [0.15, 0.2) is 36.5 Å². The third-order valence-corrected chi connectivity index (χ3v) is 8.64. The fourth-order valence-electron chi connectivity index (χ4n) is 4.69. The highest BCUT2D eigenvalue weighted by Gasteiger charge is 2.27. The molecule has 4 rings (SSSR count). The molecule has 0 aliphatic carbocycles. The van der Waals surface area contributed by atoms with Crippen LogP contribution in [0.2, 0.25) is 5.02 Å². The molecule has 1 aromatic carbocycles. The Morgan fingerprint density at radius 2 is 1.70 bits per heavy atom. The van der Waals surface area contributed by atoms with Crippen LogP contribution in [-0.2, 0) is 16.4 Å². The van der Waals surface area contributed by atoms with E-state index in [0.29, 0.717) is 28.5 Å². The molecule has 6 nitrogen and oxygen atoms in total. The van der Waals surface area contributed by atoms with E-state index in [-0.39, 0.29) is 12.1 Å². The van der Waals surface area contributed by atoms with Gasteiger partial charge < -0.3 is 14.2 Å². The fraction of sp³-hybridized carbons (Fsp3) is 0.542. The second-order valence-corrected chi connectivity index (χ2v) is 11.8. The summed E-state index contributed by atoms with van der Waals surface area (Å²) >= 11 is 12.2. The molecule has 2 saturated heterocycles. The number of pyridine rings is 1. The summed E-state index contributed by atoms with van der Waals surface area (Å²) in [6, 6.07) is 10.8. The van der Waals surface area contributed by atoms with Crippen molar-refractivity contribution < 1.29 is 13.2 Å². The van der Waals surface area contributed by atoms with Crippen LogP contribution in [-0.4, -0.2) is 55.8 Å². The topological polar surface area (TPSA) is 54.8 Å². The molecule has 3 heterocycles. The minimum atomic E-state index is -3.15. The molecule has 9 heteroatoms. The highest BCUT2D eigenvalue weighted by atomic mass is 35.5. The van der Waals surface area contributed by atoms with Gasteiger partial charge in [-0.3, -0.25) is 0 Å². The van der Waals surface area contributed by atoms with Crippen molar-refractivity contribution in [2.24, 2.45) is 0 Å². The molecule has 2 aliphatic heterocycles. The highest BCUT2D eigenvalue weighted by molar-refractivity contribution is 7.88. The van der Waals surface area contributed by atoms with Crippen molar-refractivity contribution >= 4 is 39.5 Å². The molecule has 0 saturated carbocycles. The zero-order valence-electron chi connectivity index (χ0n) is 19.2. The van der Waals surface area contributed by atoms with Gasteiger partial charge in [-0.25, -0.2) is 12.7 Å². The maximum Gasteiger partial charge on any atom is 0.211 e. The van der Waals surface area contributed by atoms with Crippen molar-refractivity contribution in [2.45, 2.75) is 51.2 Å². The molecule has 2 fully saturated rings. The lowest BCUT2D eigenvalue weighted by Gasteiger charge is -2.34. The molecule has 33 heavy (non-hydrogen) atoms. The number of ether oxygens (including phenoxy) is 1. The first-order chi connectivity index (χ1) is 15.7. The third-order valence-electron chi connectivity index (χ3n) is 6.73. The zero-order valence-corrected chi connectivity index (χ0v) is 21.6. The summed E-state index contributed by atoms with van der Waals surface area (Å²) in [5, 5.41) is 0.548. The second-order valence-electron chi connectivity index (χ2n) is 8.95. The number of nitrogens with zero attached hydrogens (tertiary/aromatic N) is 3. The molecular weight excluding hydrogens is 478 g/mol. The minimum Gasteiger partial charge on any atom is -0.489 e. The van der Waals surface area contributed by atoms with Crippen LogP contribution in [0, 0.1) is 4.64 Å². The number of anilines is 1. The predicted molar refractivity (Wildman–Crippen MR) is 137 cm³/mol. The van der Waals surface area contributed by atoms with Crippen molar-refractivity contribution in [3.8, 4) is 5.75 Å². The van der Waals surface area contributed by atoms with Gasteiger partial charge in [0.25, 0.3) is 0 Å². The van der Waals surface area contributed by atoms with Crippen LogP contribution in [0.4, 0.5) is 5.69 Å². The van der Waals surface area contributed by atoms with E-state index in [1.807, 2.05) is 16.8 Å². The number of hydrogen-bond acceptors (Lipinski definition) is 5. The number of benzene rings is 1. The Balaban J connectivity index is 1.36. The van der Waals surface area contributed by atoms with Crippen LogP contribution >= 0.6 is 23.8 Å². The summed E-state index contributed by atoms with van der Waals surface area (Å²) < 4.78 is 34.0. The average molecular weight is 510 g/mol. The Hall–Kier alpha value is -1.61. The number of piperidine rings is 2. The van der Waals surface area contributed by atoms with Crippen LogP contribution in [0.5, 0.6) is 5.75 Å². The van der Waals surface area contributed by atoms with Crippen molar-refractivity contribution in [2.75, 3.05) is 37.3 Å². The van der Waals surface area contributed by atoms with E-state index in [0.717, 1.165) is 45.2 Å². The number of halogens is 1. The molecule has 0 atom stereocenters. The van der Waals surface area contributed by atoms with E-state index in [9.17, 15) is 8.42 Å². The average Bonchev–Trinajstić information content (AvgIpc) is 2.81. The molecule has 0 spiro atoms. The fourth-order valence-corrected chi connectivity index (χ4v) is 6.07. The van der Waals surface area contributed by atoms with E-state index in [1.165, 1.54) is 21.8 Å². The quantitative estimate of drug-likeness (QED) is 0.508. The molecule has 180 valence electrons. The number of hydrogen-bond donors (Lipinski definition) is 0. The van der Waals surface area contributed by atoms with Gasteiger partial charge in [-0.1, -0.05) is 42.9 Å². The summed E-state index contributed by atoms with van der Waals surface area (Å²) in [5.41, 5.74) is 2.62. The van der Waals surface area contributed by atoms with Gasteiger partial charge in [0.2, 0.25) is 10.0 Å². The predicted octanol–water partition coefficient (Wildman–Crippen LogP) is 5.08. The summed E-state index contributed by atoms with van der Waals surface area (Å²) in [6.45, 7) is 5.06. The summed E-state index contributed by atoms with van der Waals surface area (Å²) in [6.07, 6.45) is 7.56. The first kappa shape index (κ1) is 24.5. The molecule has 0 amide bonds. The number of rotatable bonds is 6. The molecule has 0 bridgehead atoms. The number of aromatic nitrogens is 1. The molecule has 1 aromatic heterocycles. The van der Waals surface area contributed by atoms with Crippen LogP contribution in [0.1, 0.15) is 44.2 Å². The third kappa shape index (κ3) is 5.91. The van der Waals surface area contributed by atoms with Gasteiger partial charge in [-0.15, -0.1) is 0 Å². The Bertz CT molecular complexity index is 1120. The normalized spacial score (nSPS) is 19.1. The SMILES string of the molecule is CCc1ccc(N2CCC(Oc3cc(=S)n(C4CCN(S(C)(=O)=O)CC4)cc3Cl)CC2)cc1. The Kier molecular flexibility index (Phi) is 7.68. The Labute approximate surface area is 207 Å². The number of sulfonamides is 1. The van der Waals surface area contributed by atoms with Crippen molar-refractivity contribution in [1.82, 2.24) is 8.87 Å². The molecule has 0 radical (unpaired) electrons. The lowest BCUT2D eigenvalue weighted by molar-refractivity contribution is 0.170. The van der Waals surface area contributed by atoms with E-state index < -0.39 is 10.0 Å². The molecule has 2 aromatic rings. The first-order valence-corrected chi connectivity index (χ1v) is 14.3. The van der Waals surface area contributed by atoms with Gasteiger partial charge in [0.15, 0.2) is 0 Å². The molecule has 0 unspecified atom stereocenters. The van der Waals surface area contributed by atoms with Crippen molar-refractivity contribution in [1.29, 1.82) is 0 Å². The summed E-state index contributed by atoms with van der Waals surface area (Å²) in [5.74, 6) is 0.636. The van der Waals surface area contributed by atoms with Gasteiger partial charge >= 0.3 is 0 Å². The molecular formula is C24H32ClN3O3S2. The van der Waals surface area contributed by atoms with E-state index in [1.54, 1.807) is 0 Å². The minimum absolute atomic E-state index is 0.108. The van der Waals surface area contributed by atoms with E-state index in [4.69, 9.17) is 28.6 Å². The van der Waals surface area contributed by atoms with Gasteiger partial charge in [-0.05, 0) is 37.0 Å². The Morgan fingerprint density at radius 3 is 2.27 bits per heavy atom. The summed E-state index contributed by atoms with van der Waals surface area (Å²) in [7, 11) is -3.15. The van der Waals surface area contributed by atoms with Gasteiger partial charge in [0.1, 0.15) is 16.5 Å². The van der Waals surface area contributed by atoms with Crippen LogP contribution in [0.3, 0.4) is 0 Å². The Morgan fingerprint density at radius 1 is 1.06 bits per heavy atom. The largest absolute Gasteiger partial charge is 0.489 e. The smallest absolute Gasteiger partial charge is 0.211 e. The second kappa shape index (κ2) is 10.3. The maximum atomic E-state index is 11.8. The zero-order chi connectivity index (χ0) is 23.6. The standard InChI is InChI=1S/C24H32ClN3O3S2/c1-3-18-4-6-19(7-5-18)26-12-10-21(11-13-26)31-23-16-24(32)28(17-22(23)25)20-8-14-27(15-9-20)33(2,29)30/h4-7,16-17,20-21H,3,8-15H2,1-2H3. The van der Waals surface area contributed by atoms with E-state index >= 15 is 0 Å². The lowest BCUT2D eigenvalue weighted by Crippen LogP contribution is -2.38. The van der Waals surface area contributed by atoms with Gasteiger partial charge in [0, 0.05) is 63.0 Å².